The Balaban J connectivity index is 1.62. The Hall–Kier alpha value is -2.17. The van der Waals surface area contributed by atoms with E-state index in [0.717, 1.165) is 43.9 Å². The molecule has 1 aromatic heterocycles. The number of piperidine rings is 1. The zero-order valence-corrected chi connectivity index (χ0v) is 14.8. The number of rotatable bonds is 4. The number of carbonyl (C=O) groups excluding carboxylic acids is 1. The molecule has 3 rings (SSSR count). The standard InChI is InChI=1S/C19H26N4O/c1-4-22-13-20-21-18(22)16-9-11-23(12-10-16)19(24)17-7-5-15(6-8-17)14(2)3/h5-8,13-14,16H,4,9-12H2,1-3H3. The zero-order chi connectivity index (χ0) is 17.1. The summed E-state index contributed by atoms with van der Waals surface area (Å²) in [6, 6.07) is 8.04. The third-order valence-corrected chi connectivity index (χ3v) is 4.96. The van der Waals surface area contributed by atoms with E-state index in [2.05, 4.69) is 47.7 Å². The fourth-order valence-electron chi connectivity index (χ4n) is 3.36. The van der Waals surface area contributed by atoms with Crippen molar-refractivity contribution in [2.24, 2.45) is 0 Å². The molecule has 0 saturated carbocycles. The minimum absolute atomic E-state index is 0.140. The summed E-state index contributed by atoms with van der Waals surface area (Å²) < 4.78 is 2.10. The van der Waals surface area contributed by atoms with Gasteiger partial charge in [0.05, 0.1) is 0 Å². The van der Waals surface area contributed by atoms with Gasteiger partial charge in [0.1, 0.15) is 12.2 Å². The summed E-state index contributed by atoms with van der Waals surface area (Å²) in [6.07, 6.45) is 3.70. The van der Waals surface area contributed by atoms with E-state index in [1.165, 1.54) is 5.56 Å². The Kier molecular flexibility index (Phi) is 4.97. The number of nitrogens with zero attached hydrogens (tertiary/aromatic N) is 4. The second-order valence-electron chi connectivity index (χ2n) is 6.82. The monoisotopic (exact) mass is 326 g/mol. The van der Waals surface area contributed by atoms with Gasteiger partial charge in [-0.15, -0.1) is 10.2 Å². The maximum absolute atomic E-state index is 12.7. The Labute approximate surface area is 143 Å². The molecule has 0 atom stereocenters. The van der Waals surface area contributed by atoms with Gasteiger partial charge in [-0.05, 0) is 43.4 Å². The lowest BCUT2D eigenvalue weighted by Crippen LogP contribution is -2.38. The highest BCUT2D eigenvalue weighted by Gasteiger charge is 2.27. The SMILES string of the molecule is CCn1cnnc1C1CCN(C(=O)c2ccc(C(C)C)cc2)CC1. The predicted molar refractivity (Wildman–Crippen MR) is 94.1 cm³/mol. The van der Waals surface area contributed by atoms with Crippen LogP contribution in [0.2, 0.25) is 0 Å². The summed E-state index contributed by atoms with van der Waals surface area (Å²) in [4.78, 5) is 14.7. The van der Waals surface area contributed by atoms with Gasteiger partial charge in [-0.1, -0.05) is 26.0 Å². The molecule has 1 fully saturated rings. The van der Waals surface area contributed by atoms with Gasteiger partial charge in [0.15, 0.2) is 0 Å². The van der Waals surface area contributed by atoms with Crippen LogP contribution < -0.4 is 0 Å². The van der Waals surface area contributed by atoms with Crippen LogP contribution in [0.1, 0.15) is 67.2 Å². The molecule has 1 saturated heterocycles. The van der Waals surface area contributed by atoms with Crippen LogP contribution in [0.5, 0.6) is 0 Å². The fraction of sp³-hybridized carbons (Fsp3) is 0.526. The van der Waals surface area contributed by atoms with Crippen LogP contribution in [0, 0.1) is 0 Å². The molecule has 2 aromatic rings. The van der Waals surface area contributed by atoms with Crippen LogP contribution in [0.4, 0.5) is 0 Å². The van der Waals surface area contributed by atoms with Gasteiger partial charge in [-0.2, -0.15) is 0 Å². The van der Waals surface area contributed by atoms with Gasteiger partial charge in [-0.25, -0.2) is 0 Å². The smallest absolute Gasteiger partial charge is 0.253 e. The van der Waals surface area contributed by atoms with E-state index in [0.29, 0.717) is 11.8 Å². The normalized spacial score (nSPS) is 15.9. The number of hydrogen-bond donors (Lipinski definition) is 0. The van der Waals surface area contributed by atoms with Crippen LogP contribution in [-0.2, 0) is 6.54 Å². The summed E-state index contributed by atoms with van der Waals surface area (Å²) in [6.45, 7) is 8.89. The van der Waals surface area contributed by atoms with Crippen molar-refractivity contribution >= 4 is 5.91 Å². The van der Waals surface area contributed by atoms with Crippen molar-refractivity contribution in [2.45, 2.75) is 52.0 Å². The largest absolute Gasteiger partial charge is 0.339 e. The fourth-order valence-corrected chi connectivity index (χ4v) is 3.36. The molecule has 128 valence electrons. The second kappa shape index (κ2) is 7.16. The first kappa shape index (κ1) is 16.7. The topological polar surface area (TPSA) is 51.0 Å². The number of aryl methyl sites for hydroxylation is 1. The summed E-state index contributed by atoms with van der Waals surface area (Å²) >= 11 is 0. The molecule has 0 bridgehead atoms. The average Bonchev–Trinajstić information content (AvgIpc) is 3.10. The van der Waals surface area contributed by atoms with E-state index in [-0.39, 0.29) is 5.91 Å². The third-order valence-electron chi connectivity index (χ3n) is 4.96. The molecular formula is C19H26N4O. The summed E-state index contributed by atoms with van der Waals surface area (Å²) in [5.74, 6) is 2.09. The maximum Gasteiger partial charge on any atom is 0.253 e. The lowest BCUT2D eigenvalue weighted by molar-refractivity contribution is 0.0710. The molecule has 1 aliphatic rings. The minimum atomic E-state index is 0.140. The van der Waals surface area contributed by atoms with Crippen LogP contribution in [-0.4, -0.2) is 38.7 Å². The van der Waals surface area contributed by atoms with Crippen LogP contribution >= 0.6 is 0 Å². The Morgan fingerprint density at radius 3 is 2.46 bits per heavy atom. The van der Waals surface area contributed by atoms with Crippen molar-refractivity contribution in [1.29, 1.82) is 0 Å². The van der Waals surface area contributed by atoms with Crippen molar-refractivity contribution in [1.82, 2.24) is 19.7 Å². The highest BCUT2D eigenvalue weighted by Crippen LogP contribution is 2.27. The van der Waals surface area contributed by atoms with Gasteiger partial charge in [0.2, 0.25) is 0 Å². The number of amides is 1. The lowest BCUT2D eigenvalue weighted by Gasteiger charge is -2.31. The van der Waals surface area contributed by atoms with E-state index >= 15 is 0 Å². The number of benzene rings is 1. The predicted octanol–water partition coefficient (Wildman–Crippen LogP) is 3.44. The van der Waals surface area contributed by atoms with Gasteiger partial charge >= 0.3 is 0 Å². The van der Waals surface area contributed by atoms with E-state index in [9.17, 15) is 4.79 Å². The number of aromatic nitrogens is 3. The third kappa shape index (κ3) is 3.35. The average molecular weight is 326 g/mol. The molecule has 0 spiro atoms. The first-order chi connectivity index (χ1) is 11.6. The van der Waals surface area contributed by atoms with Crippen molar-refractivity contribution in [2.75, 3.05) is 13.1 Å². The van der Waals surface area contributed by atoms with E-state index < -0.39 is 0 Å². The van der Waals surface area contributed by atoms with Crippen molar-refractivity contribution < 1.29 is 4.79 Å². The summed E-state index contributed by atoms with van der Waals surface area (Å²) in [7, 11) is 0. The molecule has 2 heterocycles. The number of likely N-dealkylation sites (tertiary alicyclic amines) is 1. The summed E-state index contributed by atoms with van der Waals surface area (Å²) in [5.41, 5.74) is 2.05. The Morgan fingerprint density at radius 1 is 1.21 bits per heavy atom. The number of hydrogen-bond acceptors (Lipinski definition) is 3. The van der Waals surface area contributed by atoms with Gasteiger partial charge < -0.3 is 9.47 Å². The Bertz CT molecular complexity index is 682. The van der Waals surface area contributed by atoms with Crippen LogP contribution in [0.25, 0.3) is 0 Å². The number of carbonyl (C=O) groups is 1. The zero-order valence-electron chi connectivity index (χ0n) is 14.8. The van der Waals surface area contributed by atoms with E-state index in [4.69, 9.17) is 0 Å². The van der Waals surface area contributed by atoms with Crippen molar-refractivity contribution in [3.8, 4) is 0 Å². The second-order valence-corrected chi connectivity index (χ2v) is 6.82. The highest BCUT2D eigenvalue weighted by molar-refractivity contribution is 5.94. The molecule has 0 N–H and O–H groups in total. The molecular weight excluding hydrogens is 300 g/mol. The maximum atomic E-state index is 12.7. The van der Waals surface area contributed by atoms with Gasteiger partial charge in [0.25, 0.3) is 5.91 Å². The molecule has 1 amide bonds. The molecule has 0 radical (unpaired) electrons. The molecule has 1 aromatic carbocycles. The lowest BCUT2D eigenvalue weighted by atomic mass is 9.95. The molecule has 5 heteroatoms. The molecule has 0 aliphatic carbocycles. The molecule has 0 unspecified atom stereocenters. The van der Waals surface area contributed by atoms with E-state index in [1.54, 1.807) is 6.33 Å². The first-order valence-electron chi connectivity index (χ1n) is 8.87. The molecule has 5 nitrogen and oxygen atoms in total. The van der Waals surface area contributed by atoms with Crippen molar-refractivity contribution in [3.63, 3.8) is 0 Å². The highest BCUT2D eigenvalue weighted by atomic mass is 16.2. The van der Waals surface area contributed by atoms with Gasteiger partial charge in [-0.3, -0.25) is 4.79 Å². The first-order valence-corrected chi connectivity index (χ1v) is 8.87. The summed E-state index contributed by atoms with van der Waals surface area (Å²) in [5, 5.41) is 8.30. The van der Waals surface area contributed by atoms with E-state index in [1.807, 2.05) is 17.0 Å². The minimum Gasteiger partial charge on any atom is -0.339 e. The molecule has 1 aliphatic heterocycles. The van der Waals surface area contributed by atoms with Crippen LogP contribution in [0.3, 0.4) is 0 Å². The quantitative estimate of drug-likeness (QED) is 0.865. The van der Waals surface area contributed by atoms with Crippen molar-refractivity contribution in [3.05, 3.63) is 47.5 Å². The Morgan fingerprint density at radius 2 is 1.88 bits per heavy atom. The van der Waals surface area contributed by atoms with Gasteiger partial charge in [0, 0.05) is 31.1 Å². The van der Waals surface area contributed by atoms with Crippen LogP contribution in [0.15, 0.2) is 30.6 Å². The molecule has 24 heavy (non-hydrogen) atoms.